The maximum absolute atomic E-state index is 12.5. The fourth-order valence-electron chi connectivity index (χ4n) is 2.86. The number of fused-ring (bicyclic) bond motifs is 1. The van der Waals surface area contributed by atoms with E-state index in [0.29, 0.717) is 17.4 Å². The summed E-state index contributed by atoms with van der Waals surface area (Å²) < 4.78 is 5.30. The van der Waals surface area contributed by atoms with Crippen molar-refractivity contribution in [2.24, 2.45) is 0 Å². The second-order valence-corrected chi connectivity index (χ2v) is 6.75. The van der Waals surface area contributed by atoms with Crippen molar-refractivity contribution < 1.29 is 9.32 Å². The van der Waals surface area contributed by atoms with Crippen LogP contribution in [0.25, 0.3) is 23.5 Å². The van der Waals surface area contributed by atoms with Gasteiger partial charge in [-0.15, -0.1) is 11.6 Å². The topological polar surface area (TPSA) is 83.8 Å². The molecule has 2 N–H and O–H groups in total. The number of hydrogen-bond acceptors (Lipinski definition) is 4. The standard InChI is InChI=1S/C19H17ClN4O2/c1-11(19-23-17(24-26-19)12-5-3-2-4-6-12)21-18(25)16-10-13-9-14(20)7-8-15(13)22-16/h2-6,8-11,14,22H,7H2,1H3,(H,21,25). The van der Waals surface area contributed by atoms with Crippen LogP contribution in [0.5, 0.6) is 0 Å². The van der Waals surface area contributed by atoms with Crippen LogP contribution in [0.4, 0.5) is 0 Å². The molecule has 0 radical (unpaired) electrons. The van der Waals surface area contributed by atoms with Crippen LogP contribution < -0.4 is 15.9 Å². The molecule has 132 valence electrons. The molecule has 1 aliphatic rings. The van der Waals surface area contributed by atoms with Crippen molar-refractivity contribution in [3.05, 3.63) is 58.6 Å². The zero-order chi connectivity index (χ0) is 18.1. The third-order valence-electron chi connectivity index (χ3n) is 4.22. The first-order valence-corrected chi connectivity index (χ1v) is 8.79. The fraction of sp³-hybridized carbons (Fsp3) is 0.211. The minimum absolute atomic E-state index is 0.0389. The van der Waals surface area contributed by atoms with Gasteiger partial charge in [0.2, 0.25) is 11.7 Å². The lowest BCUT2D eigenvalue weighted by Gasteiger charge is -2.08. The van der Waals surface area contributed by atoms with Crippen molar-refractivity contribution in [2.75, 3.05) is 0 Å². The lowest BCUT2D eigenvalue weighted by atomic mass is 10.1. The van der Waals surface area contributed by atoms with E-state index in [9.17, 15) is 4.79 Å². The van der Waals surface area contributed by atoms with Crippen LogP contribution in [-0.4, -0.2) is 26.4 Å². The molecule has 0 saturated carbocycles. The zero-order valence-electron chi connectivity index (χ0n) is 14.1. The van der Waals surface area contributed by atoms with Gasteiger partial charge in [0.1, 0.15) is 11.7 Å². The Morgan fingerprint density at radius 2 is 2.19 bits per heavy atom. The highest BCUT2D eigenvalue weighted by molar-refractivity contribution is 6.24. The van der Waals surface area contributed by atoms with E-state index < -0.39 is 6.04 Å². The molecule has 0 bridgehead atoms. The van der Waals surface area contributed by atoms with Crippen molar-refractivity contribution in [3.8, 4) is 11.4 Å². The summed E-state index contributed by atoms with van der Waals surface area (Å²) in [5.41, 5.74) is 1.34. The van der Waals surface area contributed by atoms with E-state index in [2.05, 4.69) is 20.4 Å². The number of amides is 1. The third-order valence-corrected chi connectivity index (χ3v) is 4.53. The number of aromatic amines is 1. The summed E-state index contributed by atoms with van der Waals surface area (Å²) in [4.78, 5) is 20.0. The van der Waals surface area contributed by atoms with Crippen molar-refractivity contribution in [2.45, 2.75) is 24.8 Å². The minimum Gasteiger partial charge on any atom is -0.351 e. The smallest absolute Gasteiger partial charge is 0.268 e. The molecule has 1 aromatic carbocycles. The van der Waals surface area contributed by atoms with E-state index in [1.165, 1.54) is 0 Å². The average Bonchev–Trinajstić information content (AvgIpc) is 3.29. The van der Waals surface area contributed by atoms with Gasteiger partial charge < -0.3 is 14.8 Å². The fourth-order valence-corrected chi connectivity index (χ4v) is 3.09. The minimum atomic E-state index is -0.415. The number of carbonyl (C=O) groups is 1. The highest BCUT2D eigenvalue weighted by Crippen LogP contribution is 2.18. The van der Waals surface area contributed by atoms with Gasteiger partial charge in [-0.25, -0.2) is 0 Å². The summed E-state index contributed by atoms with van der Waals surface area (Å²) in [5.74, 6) is 0.612. The lowest BCUT2D eigenvalue weighted by molar-refractivity contribution is 0.0928. The predicted molar refractivity (Wildman–Crippen MR) is 98.8 cm³/mol. The zero-order valence-corrected chi connectivity index (χ0v) is 14.8. The van der Waals surface area contributed by atoms with Crippen molar-refractivity contribution in [3.63, 3.8) is 0 Å². The second kappa shape index (κ2) is 6.80. The molecule has 26 heavy (non-hydrogen) atoms. The van der Waals surface area contributed by atoms with Gasteiger partial charge in [-0.2, -0.15) is 4.98 Å². The average molecular weight is 369 g/mol. The molecule has 2 atom stereocenters. The van der Waals surface area contributed by atoms with Gasteiger partial charge in [-0.3, -0.25) is 4.79 Å². The van der Waals surface area contributed by atoms with Crippen LogP contribution in [0.2, 0.25) is 0 Å². The quantitative estimate of drug-likeness (QED) is 0.691. The molecule has 0 fully saturated rings. The summed E-state index contributed by atoms with van der Waals surface area (Å²) in [6.07, 6.45) is 4.69. The number of aromatic nitrogens is 3. The molecule has 4 rings (SSSR count). The Bertz CT molecular complexity index is 1050. The van der Waals surface area contributed by atoms with Gasteiger partial charge >= 0.3 is 0 Å². The van der Waals surface area contributed by atoms with E-state index >= 15 is 0 Å². The van der Waals surface area contributed by atoms with E-state index in [0.717, 1.165) is 22.6 Å². The highest BCUT2D eigenvalue weighted by Gasteiger charge is 2.19. The summed E-state index contributed by atoms with van der Waals surface area (Å²) >= 11 is 6.12. The van der Waals surface area contributed by atoms with Crippen molar-refractivity contribution in [1.82, 2.24) is 20.4 Å². The van der Waals surface area contributed by atoms with Crippen LogP contribution in [0, 0.1) is 0 Å². The summed E-state index contributed by atoms with van der Waals surface area (Å²) in [6, 6.07) is 10.9. The second-order valence-electron chi connectivity index (χ2n) is 6.19. The number of carbonyl (C=O) groups excluding carboxylic acids is 1. The Morgan fingerprint density at radius 1 is 1.38 bits per heavy atom. The Kier molecular flexibility index (Phi) is 4.34. The molecule has 0 saturated heterocycles. The number of alkyl halides is 1. The molecule has 1 amide bonds. The first-order chi connectivity index (χ1) is 12.6. The number of halogens is 1. The van der Waals surface area contributed by atoms with Gasteiger partial charge in [0.15, 0.2) is 0 Å². The summed E-state index contributed by atoms with van der Waals surface area (Å²) in [6.45, 7) is 1.80. The maximum Gasteiger partial charge on any atom is 0.268 e. The van der Waals surface area contributed by atoms with Gasteiger partial charge in [0, 0.05) is 10.9 Å². The molecule has 6 nitrogen and oxygen atoms in total. The molecule has 1 aliphatic carbocycles. The summed E-state index contributed by atoms with van der Waals surface area (Å²) in [7, 11) is 0. The molecule has 2 unspecified atom stereocenters. The molecular weight excluding hydrogens is 352 g/mol. The van der Waals surface area contributed by atoms with Crippen molar-refractivity contribution >= 4 is 29.7 Å². The normalized spacial score (nSPS) is 16.9. The van der Waals surface area contributed by atoms with Crippen LogP contribution in [0.1, 0.15) is 35.8 Å². The van der Waals surface area contributed by atoms with Crippen LogP contribution in [-0.2, 0) is 0 Å². The third kappa shape index (κ3) is 3.28. The van der Waals surface area contributed by atoms with Crippen molar-refractivity contribution in [1.29, 1.82) is 0 Å². The molecule has 2 aromatic heterocycles. The van der Waals surface area contributed by atoms with E-state index in [1.807, 2.05) is 42.5 Å². The van der Waals surface area contributed by atoms with E-state index in [1.54, 1.807) is 13.0 Å². The molecule has 3 aromatic rings. The number of rotatable bonds is 4. The number of nitrogens with one attached hydrogen (secondary N) is 2. The molecule has 7 heteroatoms. The number of benzene rings is 1. The van der Waals surface area contributed by atoms with E-state index in [-0.39, 0.29) is 11.3 Å². The molecular formula is C19H17ClN4O2. The number of nitrogens with zero attached hydrogens (tertiary/aromatic N) is 2. The first kappa shape index (κ1) is 16.6. The van der Waals surface area contributed by atoms with Crippen LogP contribution in [0.3, 0.4) is 0 Å². The van der Waals surface area contributed by atoms with Crippen LogP contribution in [0.15, 0.2) is 40.9 Å². The molecule has 0 spiro atoms. The molecule has 0 aliphatic heterocycles. The van der Waals surface area contributed by atoms with Crippen LogP contribution >= 0.6 is 11.6 Å². The number of H-pyrrole nitrogens is 1. The molecule has 2 heterocycles. The van der Waals surface area contributed by atoms with E-state index in [4.69, 9.17) is 16.1 Å². The predicted octanol–water partition coefficient (Wildman–Crippen LogP) is 2.13. The van der Waals surface area contributed by atoms with Gasteiger partial charge in [0.05, 0.1) is 5.38 Å². The van der Waals surface area contributed by atoms with Gasteiger partial charge in [-0.05, 0) is 24.6 Å². The largest absolute Gasteiger partial charge is 0.351 e. The van der Waals surface area contributed by atoms with Gasteiger partial charge in [0.25, 0.3) is 5.91 Å². The monoisotopic (exact) mass is 368 g/mol. The maximum atomic E-state index is 12.5. The summed E-state index contributed by atoms with van der Waals surface area (Å²) in [5, 5.41) is 8.67. The highest BCUT2D eigenvalue weighted by atomic mass is 35.5. The van der Waals surface area contributed by atoms with Gasteiger partial charge in [-0.1, -0.05) is 47.6 Å². The Morgan fingerprint density at radius 3 is 3.00 bits per heavy atom. The first-order valence-electron chi connectivity index (χ1n) is 8.35. The lowest BCUT2D eigenvalue weighted by Crippen LogP contribution is -2.28. The Labute approximate surface area is 154 Å². The SMILES string of the molecule is CC(NC(=O)c1cc2c([nH]1)=CCC(Cl)C=2)c1nc(-c2ccccc2)no1. The Balaban J connectivity index is 1.50. The number of hydrogen-bond donors (Lipinski definition) is 2. The Hall–Kier alpha value is -2.86.